The van der Waals surface area contributed by atoms with Gasteiger partial charge in [-0.25, -0.2) is 4.39 Å². The van der Waals surface area contributed by atoms with Crippen molar-refractivity contribution >= 4 is 32.5 Å². The molecular formula is C10H4BrFN2O5. The van der Waals surface area contributed by atoms with Crippen molar-refractivity contribution in [1.29, 1.82) is 0 Å². The number of halogens is 2. The van der Waals surface area contributed by atoms with E-state index in [0.717, 1.165) is 6.07 Å². The second-order valence-electron chi connectivity index (χ2n) is 3.55. The first kappa shape index (κ1) is 13.1. The van der Waals surface area contributed by atoms with Crippen molar-refractivity contribution in [3.8, 4) is 5.75 Å². The number of aromatic nitrogens is 1. The number of nitrogens with one attached hydrogen (secondary N) is 1. The molecule has 0 saturated carbocycles. The van der Waals surface area contributed by atoms with Crippen LogP contribution in [-0.4, -0.2) is 15.0 Å². The third-order valence-corrected chi connectivity index (χ3v) is 3.13. The van der Waals surface area contributed by atoms with Gasteiger partial charge in [-0.05, 0) is 22.0 Å². The number of rotatable bonds is 1. The Balaban J connectivity index is 3.23. The van der Waals surface area contributed by atoms with Gasteiger partial charge in [-0.15, -0.1) is 0 Å². The smallest absolute Gasteiger partial charge is 0.299 e. The van der Waals surface area contributed by atoms with E-state index in [2.05, 4.69) is 15.9 Å². The topological polar surface area (TPSA) is 113 Å². The lowest BCUT2D eigenvalue weighted by atomic mass is 10.2. The van der Waals surface area contributed by atoms with Crippen molar-refractivity contribution < 1.29 is 14.4 Å². The number of hydrogen-bond acceptors (Lipinski definition) is 5. The van der Waals surface area contributed by atoms with E-state index < -0.39 is 43.0 Å². The van der Waals surface area contributed by atoms with E-state index in [-0.39, 0.29) is 5.52 Å². The lowest BCUT2D eigenvalue weighted by Gasteiger charge is -1.99. The molecule has 0 fully saturated rings. The van der Waals surface area contributed by atoms with Crippen LogP contribution in [0.15, 0.2) is 26.2 Å². The first-order chi connectivity index (χ1) is 8.82. The van der Waals surface area contributed by atoms with Gasteiger partial charge in [0, 0.05) is 6.07 Å². The summed E-state index contributed by atoms with van der Waals surface area (Å²) in [7, 11) is 0. The number of hydrogen-bond donors (Lipinski definition) is 2. The predicted octanol–water partition coefficient (Wildman–Crippen LogP) is 1.40. The number of nitro groups is 1. The van der Waals surface area contributed by atoms with Crippen LogP contribution in [0.5, 0.6) is 5.75 Å². The summed E-state index contributed by atoms with van der Waals surface area (Å²) >= 11 is 2.68. The molecule has 0 radical (unpaired) electrons. The molecule has 0 aliphatic rings. The van der Waals surface area contributed by atoms with E-state index >= 15 is 0 Å². The number of nitro benzene ring substituents is 1. The Morgan fingerprint density at radius 2 is 2.00 bits per heavy atom. The number of nitrogens with zero attached hydrogens (tertiary/aromatic N) is 1. The fraction of sp³-hybridized carbons (Fsp3) is 0. The summed E-state index contributed by atoms with van der Waals surface area (Å²) in [4.78, 5) is 35.1. The van der Waals surface area contributed by atoms with Crippen molar-refractivity contribution in [2.75, 3.05) is 0 Å². The summed E-state index contributed by atoms with van der Waals surface area (Å²) in [6, 6.07) is 1.30. The number of benzene rings is 1. The highest BCUT2D eigenvalue weighted by Gasteiger charge is 2.23. The summed E-state index contributed by atoms with van der Waals surface area (Å²) < 4.78 is 13.0. The first-order valence-electron chi connectivity index (χ1n) is 4.75. The largest absolute Gasteiger partial charge is 0.503 e. The van der Waals surface area contributed by atoms with Gasteiger partial charge in [0.15, 0.2) is 11.2 Å². The van der Waals surface area contributed by atoms with Crippen LogP contribution < -0.4 is 11.0 Å². The zero-order chi connectivity index (χ0) is 14.3. The summed E-state index contributed by atoms with van der Waals surface area (Å²) in [5.41, 5.74) is -3.21. The van der Waals surface area contributed by atoms with Gasteiger partial charge in [-0.2, -0.15) is 0 Å². The highest BCUT2D eigenvalue weighted by atomic mass is 79.9. The molecule has 1 aromatic heterocycles. The minimum absolute atomic E-state index is 0.372. The third-order valence-electron chi connectivity index (χ3n) is 2.37. The second kappa shape index (κ2) is 4.43. The molecule has 2 rings (SSSR count). The molecule has 7 nitrogen and oxygen atoms in total. The van der Waals surface area contributed by atoms with Crippen LogP contribution >= 0.6 is 15.9 Å². The molecule has 2 aromatic rings. The Bertz CT molecular complexity index is 833. The maximum atomic E-state index is 13.5. The first-order valence-corrected chi connectivity index (χ1v) is 5.55. The quantitative estimate of drug-likeness (QED) is 0.606. The van der Waals surface area contributed by atoms with Crippen molar-refractivity contribution in [3.63, 3.8) is 0 Å². The van der Waals surface area contributed by atoms with Crippen LogP contribution in [-0.2, 0) is 0 Å². The summed E-state index contributed by atoms with van der Waals surface area (Å²) in [5, 5.41) is 19.6. The molecule has 0 unspecified atom stereocenters. The monoisotopic (exact) mass is 330 g/mol. The lowest BCUT2D eigenvalue weighted by molar-refractivity contribution is -0.384. The molecule has 0 amide bonds. The van der Waals surface area contributed by atoms with Crippen LogP contribution in [0.1, 0.15) is 0 Å². The Morgan fingerprint density at radius 3 is 2.58 bits per heavy atom. The zero-order valence-corrected chi connectivity index (χ0v) is 10.5. The summed E-state index contributed by atoms with van der Waals surface area (Å²) in [6.45, 7) is 0. The minimum atomic E-state index is -1.05. The highest BCUT2D eigenvalue weighted by molar-refractivity contribution is 9.10. The van der Waals surface area contributed by atoms with E-state index in [4.69, 9.17) is 0 Å². The van der Waals surface area contributed by atoms with Crippen molar-refractivity contribution in [3.05, 3.63) is 53.1 Å². The maximum Gasteiger partial charge on any atom is 0.299 e. The van der Waals surface area contributed by atoms with Gasteiger partial charge < -0.3 is 10.1 Å². The molecule has 0 atom stereocenters. The van der Waals surface area contributed by atoms with Crippen LogP contribution in [0.2, 0.25) is 0 Å². The normalized spacial score (nSPS) is 10.6. The zero-order valence-electron chi connectivity index (χ0n) is 8.94. The molecule has 1 aromatic carbocycles. The molecule has 9 heteroatoms. The van der Waals surface area contributed by atoms with Gasteiger partial charge in [0.25, 0.3) is 11.2 Å². The molecule has 98 valence electrons. The van der Waals surface area contributed by atoms with Gasteiger partial charge in [0.1, 0.15) is 15.7 Å². The average Bonchev–Trinajstić information content (AvgIpc) is 2.40. The van der Waals surface area contributed by atoms with E-state index in [9.17, 15) is 29.2 Å². The van der Waals surface area contributed by atoms with Crippen molar-refractivity contribution in [2.45, 2.75) is 0 Å². The third kappa shape index (κ3) is 2.08. The van der Waals surface area contributed by atoms with Gasteiger partial charge in [0.2, 0.25) is 0 Å². The van der Waals surface area contributed by atoms with Crippen LogP contribution in [0.3, 0.4) is 0 Å². The van der Waals surface area contributed by atoms with Crippen molar-refractivity contribution in [2.24, 2.45) is 0 Å². The fourth-order valence-corrected chi connectivity index (χ4v) is 2.04. The van der Waals surface area contributed by atoms with E-state index in [1.165, 1.54) is 0 Å². The van der Waals surface area contributed by atoms with Gasteiger partial charge in [-0.3, -0.25) is 19.7 Å². The molecule has 19 heavy (non-hydrogen) atoms. The van der Waals surface area contributed by atoms with Gasteiger partial charge >= 0.3 is 0 Å². The van der Waals surface area contributed by atoms with E-state index in [1.807, 2.05) is 4.98 Å². The van der Waals surface area contributed by atoms with E-state index in [1.54, 1.807) is 0 Å². The standard InChI is InChI=1S/C10H4BrFN2O5/c11-8-3(12)1-4-7(9(8)14(18)19)5(15)2-6(16)10(17)13-4/h1-2,16H,(H,13,17). The Labute approximate surface area is 111 Å². The highest BCUT2D eigenvalue weighted by Crippen LogP contribution is 2.32. The molecule has 0 saturated heterocycles. The maximum absolute atomic E-state index is 13.5. The van der Waals surface area contributed by atoms with Crippen LogP contribution in [0, 0.1) is 15.9 Å². The van der Waals surface area contributed by atoms with Crippen molar-refractivity contribution in [1.82, 2.24) is 4.98 Å². The predicted molar refractivity (Wildman–Crippen MR) is 66.8 cm³/mol. The Kier molecular flexibility index (Phi) is 3.06. The second-order valence-corrected chi connectivity index (χ2v) is 4.34. The molecular weight excluding hydrogens is 327 g/mol. The fourth-order valence-electron chi connectivity index (χ4n) is 1.58. The number of aromatic amines is 1. The molecule has 0 bridgehead atoms. The van der Waals surface area contributed by atoms with Gasteiger partial charge in [-0.1, -0.05) is 0 Å². The lowest BCUT2D eigenvalue weighted by Crippen LogP contribution is -2.03. The van der Waals surface area contributed by atoms with Crippen LogP contribution in [0.25, 0.3) is 10.9 Å². The number of fused-ring (bicyclic) bond motifs is 1. The SMILES string of the molecule is O=c1[nH]c2cc(F)c(Br)c([N+](=O)[O-])c2c(=O)cc1O. The minimum Gasteiger partial charge on any atom is -0.503 e. The molecule has 0 spiro atoms. The van der Waals surface area contributed by atoms with E-state index in [0.29, 0.717) is 6.07 Å². The molecule has 2 N–H and O–H groups in total. The average molecular weight is 331 g/mol. The molecule has 0 aliphatic carbocycles. The van der Waals surface area contributed by atoms with Gasteiger partial charge in [0.05, 0.1) is 10.4 Å². The summed E-state index contributed by atoms with van der Waals surface area (Å²) in [5.74, 6) is -1.92. The molecule has 1 heterocycles. The summed E-state index contributed by atoms with van der Waals surface area (Å²) in [6.07, 6.45) is 0. The number of H-pyrrole nitrogens is 1. The van der Waals surface area contributed by atoms with Crippen LogP contribution in [0.4, 0.5) is 10.1 Å². The number of aromatic hydroxyl groups is 1. The Morgan fingerprint density at radius 1 is 1.37 bits per heavy atom. The Hall–Kier alpha value is -2.29. The molecule has 0 aliphatic heterocycles.